The molecule has 0 fully saturated rings. The Morgan fingerprint density at radius 1 is 1.20 bits per heavy atom. The molecule has 0 heterocycles. The number of carbonyl (C=O) groups excluding carboxylic acids is 1. The summed E-state index contributed by atoms with van der Waals surface area (Å²) >= 11 is 5.70. The van der Waals surface area contributed by atoms with Gasteiger partial charge in [-0.15, -0.1) is 11.6 Å². The summed E-state index contributed by atoms with van der Waals surface area (Å²) in [5.41, 5.74) is 1.95. The Balaban J connectivity index is 2.09. The van der Waals surface area contributed by atoms with Crippen molar-refractivity contribution in [2.75, 3.05) is 0 Å². The Labute approximate surface area is 122 Å². The predicted octanol–water partition coefficient (Wildman–Crippen LogP) is 4.06. The molecule has 1 atom stereocenters. The number of alkyl halides is 1. The van der Waals surface area contributed by atoms with Crippen LogP contribution in [0.1, 0.15) is 34.5 Å². The van der Waals surface area contributed by atoms with Crippen LogP contribution in [0.3, 0.4) is 0 Å². The summed E-state index contributed by atoms with van der Waals surface area (Å²) < 4.78 is 13.6. The first kappa shape index (κ1) is 14.5. The van der Waals surface area contributed by atoms with E-state index in [0.29, 0.717) is 17.0 Å². The number of amides is 1. The molecule has 20 heavy (non-hydrogen) atoms. The lowest BCUT2D eigenvalue weighted by atomic mass is 10.1. The number of nitrogens with one attached hydrogen (secondary N) is 1. The molecule has 0 saturated carbocycles. The molecular weight excluding hydrogens is 277 g/mol. The summed E-state index contributed by atoms with van der Waals surface area (Å²) in [6.45, 7) is 1.75. The van der Waals surface area contributed by atoms with Crippen LogP contribution in [0.4, 0.5) is 4.39 Å². The summed E-state index contributed by atoms with van der Waals surface area (Å²) in [5, 5.41) is 2.78. The topological polar surface area (TPSA) is 29.1 Å². The quantitative estimate of drug-likeness (QED) is 0.846. The van der Waals surface area contributed by atoms with Gasteiger partial charge in [-0.25, -0.2) is 4.39 Å². The molecule has 2 aromatic carbocycles. The second-order valence-corrected chi connectivity index (χ2v) is 4.81. The molecule has 4 heteroatoms. The van der Waals surface area contributed by atoms with Gasteiger partial charge in [0, 0.05) is 17.0 Å². The van der Waals surface area contributed by atoms with Crippen LogP contribution in [-0.4, -0.2) is 5.91 Å². The van der Waals surface area contributed by atoms with Crippen molar-refractivity contribution in [2.45, 2.75) is 18.8 Å². The minimum absolute atomic E-state index is 0.234. The monoisotopic (exact) mass is 291 g/mol. The average Bonchev–Trinajstić information content (AvgIpc) is 2.47. The zero-order valence-electron chi connectivity index (χ0n) is 11.1. The molecule has 0 aromatic heterocycles. The number of rotatable bonds is 4. The number of benzene rings is 2. The molecule has 0 aliphatic heterocycles. The Bertz CT molecular complexity index is 598. The lowest BCUT2D eigenvalue weighted by Gasteiger charge is -2.15. The van der Waals surface area contributed by atoms with Gasteiger partial charge in [-0.05, 0) is 30.7 Å². The van der Waals surface area contributed by atoms with Crippen molar-refractivity contribution in [2.24, 2.45) is 0 Å². The highest BCUT2D eigenvalue weighted by molar-refractivity contribution is 6.17. The highest BCUT2D eigenvalue weighted by atomic mass is 35.5. The van der Waals surface area contributed by atoms with Crippen LogP contribution < -0.4 is 5.32 Å². The Kier molecular flexibility index (Phi) is 4.74. The van der Waals surface area contributed by atoms with Crippen molar-refractivity contribution < 1.29 is 9.18 Å². The third kappa shape index (κ3) is 3.36. The summed E-state index contributed by atoms with van der Waals surface area (Å²) in [4.78, 5) is 12.1. The maximum Gasteiger partial charge on any atom is 0.251 e. The van der Waals surface area contributed by atoms with Crippen LogP contribution in [0, 0.1) is 5.82 Å². The zero-order valence-corrected chi connectivity index (χ0v) is 11.8. The maximum absolute atomic E-state index is 13.6. The second-order valence-electron chi connectivity index (χ2n) is 4.55. The van der Waals surface area contributed by atoms with Gasteiger partial charge in [0.25, 0.3) is 5.91 Å². The molecule has 0 bridgehead atoms. The van der Waals surface area contributed by atoms with Crippen molar-refractivity contribution in [1.29, 1.82) is 0 Å². The fourth-order valence-electron chi connectivity index (χ4n) is 1.93. The van der Waals surface area contributed by atoms with Crippen LogP contribution in [0.15, 0.2) is 48.5 Å². The normalized spacial score (nSPS) is 11.9. The Hall–Kier alpha value is -1.87. The third-order valence-electron chi connectivity index (χ3n) is 3.09. The lowest BCUT2D eigenvalue weighted by Crippen LogP contribution is -2.27. The van der Waals surface area contributed by atoms with Crippen molar-refractivity contribution in [1.82, 2.24) is 5.32 Å². The molecule has 0 saturated heterocycles. The van der Waals surface area contributed by atoms with Crippen LogP contribution >= 0.6 is 11.6 Å². The van der Waals surface area contributed by atoms with Gasteiger partial charge in [-0.2, -0.15) is 0 Å². The summed E-state index contributed by atoms with van der Waals surface area (Å²) in [6.07, 6.45) is 0. The first-order valence-corrected chi connectivity index (χ1v) is 6.85. The van der Waals surface area contributed by atoms with Gasteiger partial charge >= 0.3 is 0 Å². The van der Waals surface area contributed by atoms with Gasteiger partial charge < -0.3 is 5.32 Å². The molecule has 104 valence electrons. The molecule has 0 aliphatic rings. The molecule has 0 radical (unpaired) electrons. The van der Waals surface area contributed by atoms with E-state index >= 15 is 0 Å². The van der Waals surface area contributed by atoms with Crippen LogP contribution in [0.2, 0.25) is 0 Å². The lowest BCUT2D eigenvalue weighted by molar-refractivity contribution is 0.0939. The van der Waals surface area contributed by atoms with E-state index in [1.165, 1.54) is 6.07 Å². The standard InChI is InChI=1S/C16H15ClFNO/c1-11(14-4-2-3-5-15(14)18)19-16(20)13-8-6-12(10-17)7-9-13/h2-9,11H,10H2,1H3,(H,19,20). The number of hydrogen-bond acceptors (Lipinski definition) is 1. The molecule has 0 spiro atoms. The van der Waals surface area contributed by atoms with Gasteiger partial charge in [0.05, 0.1) is 6.04 Å². The van der Waals surface area contributed by atoms with Crippen molar-refractivity contribution in [3.8, 4) is 0 Å². The largest absolute Gasteiger partial charge is 0.345 e. The Morgan fingerprint density at radius 2 is 1.85 bits per heavy atom. The van der Waals surface area contributed by atoms with Gasteiger partial charge in [-0.3, -0.25) is 4.79 Å². The maximum atomic E-state index is 13.6. The number of hydrogen-bond donors (Lipinski definition) is 1. The molecule has 2 rings (SSSR count). The van der Waals surface area contributed by atoms with E-state index in [1.54, 1.807) is 49.4 Å². The van der Waals surface area contributed by atoms with E-state index in [0.717, 1.165) is 5.56 Å². The van der Waals surface area contributed by atoms with E-state index in [1.807, 2.05) is 0 Å². The van der Waals surface area contributed by atoms with Crippen LogP contribution in [0.5, 0.6) is 0 Å². The fraction of sp³-hybridized carbons (Fsp3) is 0.188. The smallest absolute Gasteiger partial charge is 0.251 e. The SMILES string of the molecule is CC(NC(=O)c1ccc(CCl)cc1)c1ccccc1F. The van der Waals surface area contributed by atoms with Gasteiger partial charge in [0.2, 0.25) is 0 Å². The first-order valence-electron chi connectivity index (χ1n) is 6.32. The minimum atomic E-state index is -0.392. The van der Waals surface area contributed by atoms with E-state index in [-0.39, 0.29) is 11.7 Å². The molecule has 0 aliphatic carbocycles. The second kappa shape index (κ2) is 6.53. The fourth-order valence-corrected chi connectivity index (χ4v) is 2.11. The summed E-state index contributed by atoms with van der Waals surface area (Å²) in [7, 11) is 0. The van der Waals surface area contributed by atoms with Crippen molar-refractivity contribution in [3.63, 3.8) is 0 Å². The molecule has 1 amide bonds. The molecule has 2 aromatic rings. The van der Waals surface area contributed by atoms with Crippen LogP contribution in [0.25, 0.3) is 0 Å². The number of carbonyl (C=O) groups is 1. The highest BCUT2D eigenvalue weighted by Gasteiger charge is 2.14. The molecule has 1 unspecified atom stereocenters. The average molecular weight is 292 g/mol. The van der Waals surface area contributed by atoms with Crippen LogP contribution in [-0.2, 0) is 5.88 Å². The zero-order chi connectivity index (χ0) is 14.5. The molecule has 1 N–H and O–H groups in total. The summed E-state index contributed by atoms with van der Waals surface area (Å²) in [6, 6.07) is 13.0. The molecule has 2 nitrogen and oxygen atoms in total. The number of halogens is 2. The third-order valence-corrected chi connectivity index (χ3v) is 3.40. The van der Waals surface area contributed by atoms with E-state index < -0.39 is 6.04 Å². The molecular formula is C16H15ClFNO. The first-order chi connectivity index (χ1) is 9.61. The van der Waals surface area contributed by atoms with E-state index in [4.69, 9.17) is 11.6 Å². The Morgan fingerprint density at radius 3 is 2.45 bits per heavy atom. The van der Waals surface area contributed by atoms with Crippen molar-refractivity contribution in [3.05, 3.63) is 71.0 Å². The highest BCUT2D eigenvalue weighted by Crippen LogP contribution is 2.17. The van der Waals surface area contributed by atoms with Gasteiger partial charge in [0.1, 0.15) is 5.82 Å². The van der Waals surface area contributed by atoms with Gasteiger partial charge in [0.15, 0.2) is 0 Å². The van der Waals surface area contributed by atoms with E-state index in [2.05, 4.69) is 5.32 Å². The summed E-state index contributed by atoms with van der Waals surface area (Å²) in [5.74, 6) is -0.146. The minimum Gasteiger partial charge on any atom is -0.345 e. The van der Waals surface area contributed by atoms with E-state index in [9.17, 15) is 9.18 Å². The predicted molar refractivity (Wildman–Crippen MR) is 78.3 cm³/mol. The van der Waals surface area contributed by atoms with Gasteiger partial charge in [-0.1, -0.05) is 30.3 Å². The van der Waals surface area contributed by atoms with Crippen molar-refractivity contribution >= 4 is 17.5 Å².